The summed E-state index contributed by atoms with van der Waals surface area (Å²) >= 11 is 8.12. The minimum atomic E-state index is 0.294. The molecule has 2 aliphatic rings. The van der Waals surface area contributed by atoms with Crippen molar-refractivity contribution in [2.24, 2.45) is 4.99 Å². The van der Waals surface area contributed by atoms with E-state index >= 15 is 0 Å². The molecule has 2 aromatic rings. The Hall–Kier alpha value is -1.71. The SMILES string of the molecule is CN1c2ccccc2SC1C=C1CC(Cl)=Nc2ccccc21. The lowest BCUT2D eigenvalue weighted by atomic mass is 9.98. The maximum absolute atomic E-state index is 6.24. The van der Waals surface area contributed by atoms with Crippen molar-refractivity contribution in [3.05, 3.63) is 60.2 Å². The molecule has 2 aromatic carbocycles. The number of para-hydroxylation sites is 2. The molecular weight excluding hydrogens is 312 g/mol. The summed E-state index contributed by atoms with van der Waals surface area (Å²) in [4.78, 5) is 8.09. The second-order valence-corrected chi connectivity index (χ2v) is 7.06. The van der Waals surface area contributed by atoms with Crippen molar-refractivity contribution in [3.63, 3.8) is 0 Å². The smallest absolute Gasteiger partial charge is 0.111 e. The fraction of sp³-hybridized carbons (Fsp3) is 0.167. The van der Waals surface area contributed by atoms with E-state index in [2.05, 4.69) is 59.4 Å². The minimum absolute atomic E-state index is 0.294. The number of benzene rings is 2. The Labute approximate surface area is 139 Å². The van der Waals surface area contributed by atoms with Crippen LogP contribution in [0.15, 0.2) is 64.5 Å². The number of anilines is 1. The Morgan fingerprint density at radius 3 is 2.82 bits per heavy atom. The summed E-state index contributed by atoms with van der Waals surface area (Å²) in [5.74, 6) is 0. The topological polar surface area (TPSA) is 15.6 Å². The molecule has 2 nitrogen and oxygen atoms in total. The number of fused-ring (bicyclic) bond motifs is 2. The van der Waals surface area contributed by atoms with Crippen LogP contribution in [0.25, 0.3) is 5.57 Å². The zero-order chi connectivity index (χ0) is 15.1. The molecule has 2 aliphatic heterocycles. The molecule has 0 aromatic heterocycles. The van der Waals surface area contributed by atoms with Gasteiger partial charge in [-0.05, 0) is 29.8 Å². The third-order valence-electron chi connectivity index (χ3n) is 4.05. The van der Waals surface area contributed by atoms with Gasteiger partial charge in [0.05, 0.1) is 16.7 Å². The first-order valence-corrected chi connectivity index (χ1v) is 8.50. The summed E-state index contributed by atoms with van der Waals surface area (Å²) < 4.78 is 0. The number of hydrogen-bond acceptors (Lipinski definition) is 3. The predicted molar refractivity (Wildman–Crippen MR) is 96.5 cm³/mol. The third kappa shape index (κ3) is 2.34. The fourth-order valence-electron chi connectivity index (χ4n) is 2.93. The van der Waals surface area contributed by atoms with Crippen LogP contribution in [0.4, 0.5) is 11.4 Å². The van der Waals surface area contributed by atoms with Gasteiger partial charge in [-0.1, -0.05) is 53.7 Å². The maximum atomic E-state index is 6.24. The molecule has 0 spiro atoms. The Balaban J connectivity index is 1.72. The molecule has 0 amide bonds. The minimum Gasteiger partial charge on any atom is -0.358 e. The second-order valence-electron chi connectivity index (χ2n) is 5.46. The fourth-order valence-corrected chi connectivity index (χ4v) is 4.42. The van der Waals surface area contributed by atoms with Crippen molar-refractivity contribution in [2.75, 3.05) is 11.9 Å². The summed E-state index contributed by atoms with van der Waals surface area (Å²) in [6.45, 7) is 0. The molecule has 0 saturated heterocycles. The number of allylic oxidation sites excluding steroid dienone is 1. The Morgan fingerprint density at radius 2 is 1.95 bits per heavy atom. The van der Waals surface area contributed by atoms with Crippen molar-refractivity contribution in [3.8, 4) is 0 Å². The van der Waals surface area contributed by atoms with Gasteiger partial charge in [-0.15, -0.1) is 0 Å². The van der Waals surface area contributed by atoms with E-state index in [0.717, 1.165) is 5.69 Å². The molecule has 0 saturated carbocycles. The van der Waals surface area contributed by atoms with Gasteiger partial charge in [-0.2, -0.15) is 0 Å². The van der Waals surface area contributed by atoms with Crippen LogP contribution in [0.2, 0.25) is 0 Å². The van der Waals surface area contributed by atoms with Gasteiger partial charge < -0.3 is 4.90 Å². The normalized spacial score (nSPS) is 21.5. The van der Waals surface area contributed by atoms with Crippen molar-refractivity contribution in [1.82, 2.24) is 0 Å². The maximum Gasteiger partial charge on any atom is 0.111 e. The van der Waals surface area contributed by atoms with Crippen molar-refractivity contribution < 1.29 is 0 Å². The highest BCUT2D eigenvalue weighted by molar-refractivity contribution is 8.00. The quantitative estimate of drug-likeness (QED) is 0.705. The predicted octanol–water partition coefficient (Wildman–Crippen LogP) is 5.31. The number of likely N-dealkylation sites (N-methyl/N-ethyl adjacent to an activating group) is 1. The molecule has 0 bridgehead atoms. The van der Waals surface area contributed by atoms with E-state index in [1.54, 1.807) is 0 Å². The molecule has 0 N–H and O–H groups in total. The molecule has 1 atom stereocenters. The Kier molecular flexibility index (Phi) is 3.47. The van der Waals surface area contributed by atoms with Gasteiger partial charge in [0.2, 0.25) is 0 Å². The van der Waals surface area contributed by atoms with Crippen LogP contribution < -0.4 is 4.90 Å². The molecule has 0 fully saturated rings. The highest BCUT2D eigenvalue weighted by Crippen LogP contribution is 2.44. The van der Waals surface area contributed by atoms with Crippen LogP contribution >= 0.6 is 23.4 Å². The first kappa shape index (κ1) is 13.9. The van der Waals surface area contributed by atoms with Crippen LogP contribution in [0.1, 0.15) is 12.0 Å². The number of thioether (sulfide) groups is 1. The molecule has 110 valence electrons. The van der Waals surface area contributed by atoms with Crippen LogP contribution in [-0.4, -0.2) is 17.6 Å². The molecule has 0 aliphatic carbocycles. The highest BCUT2D eigenvalue weighted by atomic mass is 35.5. The van der Waals surface area contributed by atoms with Gasteiger partial charge in [-0.3, -0.25) is 0 Å². The van der Waals surface area contributed by atoms with E-state index in [0.29, 0.717) is 17.0 Å². The zero-order valence-corrected chi connectivity index (χ0v) is 13.7. The number of aliphatic imine (C=N–C) groups is 1. The summed E-state index contributed by atoms with van der Waals surface area (Å²) in [6.07, 6.45) is 3.03. The molecule has 1 unspecified atom stereocenters. The summed E-state index contributed by atoms with van der Waals surface area (Å²) in [5.41, 5.74) is 4.70. The number of rotatable bonds is 1. The van der Waals surface area contributed by atoms with Crippen molar-refractivity contribution >= 4 is 45.5 Å². The molecule has 2 heterocycles. The monoisotopic (exact) mass is 326 g/mol. The van der Waals surface area contributed by atoms with E-state index in [9.17, 15) is 0 Å². The van der Waals surface area contributed by atoms with Gasteiger partial charge in [0.15, 0.2) is 0 Å². The summed E-state index contributed by atoms with van der Waals surface area (Å²) in [7, 11) is 2.14. The van der Waals surface area contributed by atoms with E-state index in [1.165, 1.54) is 21.7 Å². The van der Waals surface area contributed by atoms with E-state index < -0.39 is 0 Å². The molecule has 4 heteroatoms. The number of hydrogen-bond donors (Lipinski definition) is 0. The molecular formula is C18H15ClN2S. The average Bonchev–Trinajstić information content (AvgIpc) is 2.84. The lowest BCUT2D eigenvalue weighted by molar-refractivity contribution is 0.989. The van der Waals surface area contributed by atoms with Gasteiger partial charge in [0.1, 0.15) is 5.17 Å². The van der Waals surface area contributed by atoms with Crippen molar-refractivity contribution in [1.29, 1.82) is 0 Å². The zero-order valence-electron chi connectivity index (χ0n) is 12.2. The van der Waals surface area contributed by atoms with E-state index in [-0.39, 0.29) is 0 Å². The first-order valence-electron chi connectivity index (χ1n) is 7.24. The highest BCUT2D eigenvalue weighted by Gasteiger charge is 2.26. The lowest BCUT2D eigenvalue weighted by Gasteiger charge is -2.22. The van der Waals surface area contributed by atoms with Gasteiger partial charge in [0, 0.05) is 23.9 Å². The lowest BCUT2D eigenvalue weighted by Crippen LogP contribution is -2.22. The average molecular weight is 327 g/mol. The number of halogens is 1. The van der Waals surface area contributed by atoms with Crippen LogP contribution in [0, 0.1) is 0 Å². The largest absolute Gasteiger partial charge is 0.358 e. The van der Waals surface area contributed by atoms with Gasteiger partial charge >= 0.3 is 0 Å². The van der Waals surface area contributed by atoms with Gasteiger partial charge in [0.25, 0.3) is 0 Å². The van der Waals surface area contributed by atoms with Crippen LogP contribution in [0.3, 0.4) is 0 Å². The standard InChI is InChI=1S/C18H15ClN2S/c1-21-15-8-4-5-9-16(15)22-18(21)11-12-10-17(19)20-14-7-3-2-6-13(12)14/h2-9,11,18H,10H2,1H3. The van der Waals surface area contributed by atoms with E-state index in [1.807, 2.05) is 23.9 Å². The molecule has 4 rings (SSSR count). The molecule has 0 radical (unpaired) electrons. The third-order valence-corrected chi connectivity index (χ3v) is 5.56. The molecule has 22 heavy (non-hydrogen) atoms. The first-order chi connectivity index (χ1) is 10.7. The Bertz CT molecular complexity index is 797. The van der Waals surface area contributed by atoms with Crippen LogP contribution in [0.5, 0.6) is 0 Å². The number of nitrogens with zero attached hydrogens (tertiary/aromatic N) is 2. The van der Waals surface area contributed by atoms with Crippen molar-refractivity contribution in [2.45, 2.75) is 16.7 Å². The van der Waals surface area contributed by atoms with Gasteiger partial charge in [-0.25, -0.2) is 4.99 Å². The Morgan fingerprint density at radius 1 is 1.18 bits per heavy atom. The van der Waals surface area contributed by atoms with E-state index in [4.69, 9.17) is 11.6 Å². The second kappa shape index (κ2) is 5.49. The summed E-state index contributed by atoms with van der Waals surface area (Å²) in [5, 5.41) is 0.955. The summed E-state index contributed by atoms with van der Waals surface area (Å²) in [6, 6.07) is 16.7. The van der Waals surface area contributed by atoms with Crippen LogP contribution in [-0.2, 0) is 0 Å².